The molecule has 1 amide bonds. The fourth-order valence-corrected chi connectivity index (χ4v) is 3.44. The van der Waals surface area contributed by atoms with Crippen molar-refractivity contribution in [2.24, 2.45) is 0 Å². The topological polar surface area (TPSA) is 59.0 Å². The van der Waals surface area contributed by atoms with Crippen molar-refractivity contribution < 1.29 is 19.4 Å². The van der Waals surface area contributed by atoms with Gasteiger partial charge in [0.05, 0.1) is 26.2 Å². The predicted molar refractivity (Wildman–Crippen MR) is 121 cm³/mol. The van der Waals surface area contributed by atoms with Crippen molar-refractivity contribution in [3.05, 3.63) is 95.6 Å². The van der Waals surface area contributed by atoms with E-state index in [-0.39, 0.29) is 12.3 Å². The summed E-state index contributed by atoms with van der Waals surface area (Å²) in [6, 6.07) is 24.6. The van der Waals surface area contributed by atoms with Crippen molar-refractivity contribution in [1.29, 1.82) is 0 Å². The number of hydrogen-bond donors (Lipinski definition) is 1. The van der Waals surface area contributed by atoms with Crippen LogP contribution >= 0.6 is 0 Å². The molecular formula is C26H29NO4. The monoisotopic (exact) mass is 419 g/mol. The van der Waals surface area contributed by atoms with Gasteiger partial charge in [0, 0.05) is 13.1 Å². The van der Waals surface area contributed by atoms with E-state index in [9.17, 15) is 9.90 Å². The lowest BCUT2D eigenvalue weighted by molar-refractivity contribution is -0.137. The molecule has 162 valence electrons. The van der Waals surface area contributed by atoms with E-state index in [2.05, 4.69) is 0 Å². The molecule has 1 atom stereocenters. The zero-order chi connectivity index (χ0) is 22.3. The van der Waals surface area contributed by atoms with E-state index in [4.69, 9.17) is 9.47 Å². The SMILES string of the molecule is COc1ccc(CN(Cc2ccc(OC)cc2)C(=O)CC(C)(O)c2ccccc2)cc1. The number of benzene rings is 3. The molecule has 0 saturated heterocycles. The van der Waals surface area contributed by atoms with Crippen molar-refractivity contribution in [1.82, 2.24) is 4.90 Å². The molecule has 0 aliphatic rings. The largest absolute Gasteiger partial charge is 0.497 e. The standard InChI is InChI=1S/C26H29NO4/c1-26(29,22-7-5-4-6-8-22)17-25(28)27(18-20-9-13-23(30-2)14-10-20)19-21-11-15-24(31-3)16-12-21/h4-16,29H,17-19H2,1-3H3. The van der Waals surface area contributed by atoms with Gasteiger partial charge in [-0.1, -0.05) is 54.6 Å². The molecule has 5 nitrogen and oxygen atoms in total. The Hall–Kier alpha value is -3.31. The third kappa shape index (κ3) is 6.09. The molecule has 5 heteroatoms. The van der Waals surface area contributed by atoms with Gasteiger partial charge < -0.3 is 19.5 Å². The Morgan fingerprint density at radius 3 is 1.68 bits per heavy atom. The van der Waals surface area contributed by atoms with Crippen LogP contribution in [0, 0.1) is 0 Å². The summed E-state index contributed by atoms with van der Waals surface area (Å²) >= 11 is 0. The highest BCUT2D eigenvalue weighted by Crippen LogP contribution is 2.26. The highest BCUT2D eigenvalue weighted by atomic mass is 16.5. The molecule has 0 bridgehead atoms. The van der Waals surface area contributed by atoms with Crippen molar-refractivity contribution in [3.63, 3.8) is 0 Å². The van der Waals surface area contributed by atoms with Gasteiger partial charge in [0.2, 0.25) is 5.91 Å². The lowest BCUT2D eigenvalue weighted by atomic mass is 9.92. The molecule has 0 saturated carbocycles. The fraction of sp³-hybridized carbons (Fsp3) is 0.269. The molecular weight excluding hydrogens is 390 g/mol. The molecule has 31 heavy (non-hydrogen) atoms. The van der Waals surface area contributed by atoms with Crippen molar-refractivity contribution in [2.75, 3.05) is 14.2 Å². The normalized spacial score (nSPS) is 12.6. The van der Waals surface area contributed by atoms with E-state index >= 15 is 0 Å². The molecule has 1 unspecified atom stereocenters. The Kier molecular flexibility index (Phi) is 7.32. The van der Waals surface area contributed by atoms with Crippen LogP contribution in [-0.2, 0) is 23.5 Å². The van der Waals surface area contributed by atoms with E-state index in [1.165, 1.54) is 0 Å². The van der Waals surface area contributed by atoms with Crippen molar-refractivity contribution >= 4 is 5.91 Å². The van der Waals surface area contributed by atoms with Gasteiger partial charge in [-0.05, 0) is 47.9 Å². The predicted octanol–water partition coefficient (Wildman–Crippen LogP) is 4.53. The summed E-state index contributed by atoms with van der Waals surface area (Å²) in [6.07, 6.45) is -0.0106. The zero-order valence-corrected chi connectivity index (χ0v) is 18.2. The summed E-state index contributed by atoms with van der Waals surface area (Å²) in [6.45, 7) is 2.54. The third-order valence-electron chi connectivity index (χ3n) is 5.31. The van der Waals surface area contributed by atoms with Gasteiger partial charge in [0.1, 0.15) is 11.5 Å². The van der Waals surface area contributed by atoms with Crippen LogP contribution in [0.1, 0.15) is 30.0 Å². The minimum Gasteiger partial charge on any atom is -0.497 e. The molecule has 1 N–H and O–H groups in total. The molecule has 0 spiro atoms. The van der Waals surface area contributed by atoms with Crippen LogP contribution < -0.4 is 9.47 Å². The van der Waals surface area contributed by atoms with Gasteiger partial charge in [0.15, 0.2) is 0 Å². The minimum absolute atomic E-state index is 0.0106. The maximum Gasteiger partial charge on any atom is 0.226 e. The molecule has 0 radical (unpaired) electrons. The Morgan fingerprint density at radius 1 is 0.806 bits per heavy atom. The summed E-state index contributed by atoms with van der Waals surface area (Å²) in [4.78, 5) is 15.1. The number of methoxy groups -OCH3 is 2. The van der Waals surface area contributed by atoms with Gasteiger partial charge in [0.25, 0.3) is 0 Å². The molecule has 3 rings (SSSR count). The van der Waals surface area contributed by atoms with E-state index in [0.29, 0.717) is 13.1 Å². The van der Waals surface area contributed by atoms with Crippen LogP contribution in [0.3, 0.4) is 0 Å². The highest BCUT2D eigenvalue weighted by Gasteiger charge is 2.29. The van der Waals surface area contributed by atoms with E-state index < -0.39 is 5.60 Å². The third-order valence-corrected chi connectivity index (χ3v) is 5.31. The lowest BCUT2D eigenvalue weighted by Crippen LogP contribution is -2.36. The van der Waals surface area contributed by atoms with Gasteiger partial charge >= 0.3 is 0 Å². The van der Waals surface area contributed by atoms with Gasteiger partial charge in [-0.2, -0.15) is 0 Å². The molecule has 3 aromatic carbocycles. The minimum atomic E-state index is -1.25. The number of carbonyl (C=O) groups excluding carboxylic acids is 1. The van der Waals surface area contributed by atoms with Crippen LogP contribution in [0.15, 0.2) is 78.9 Å². The second kappa shape index (κ2) is 10.1. The maximum absolute atomic E-state index is 13.3. The van der Waals surface area contributed by atoms with Crippen LogP contribution in [0.5, 0.6) is 11.5 Å². The lowest BCUT2D eigenvalue weighted by Gasteiger charge is -2.29. The second-order valence-corrected chi connectivity index (χ2v) is 7.76. The summed E-state index contributed by atoms with van der Waals surface area (Å²) < 4.78 is 10.5. The number of ether oxygens (including phenoxy) is 2. The number of hydrogen-bond acceptors (Lipinski definition) is 4. The first-order valence-corrected chi connectivity index (χ1v) is 10.2. The van der Waals surface area contributed by atoms with Crippen molar-refractivity contribution in [3.8, 4) is 11.5 Å². The molecule has 3 aromatic rings. The summed E-state index contributed by atoms with van der Waals surface area (Å²) in [7, 11) is 3.25. The first kappa shape index (κ1) is 22.4. The first-order chi connectivity index (χ1) is 14.9. The zero-order valence-electron chi connectivity index (χ0n) is 18.2. The average Bonchev–Trinajstić information content (AvgIpc) is 2.80. The Morgan fingerprint density at radius 2 is 1.26 bits per heavy atom. The summed E-state index contributed by atoms with van der Waals surface area (Å²) in [5.74, 6) is 1.41. The molecule has 0 aromatic heterocycles. The van der Waals surface area contributed by atoms with E-state index in [1.807, 2.05) is 78.9 Å². The van der Waals surface area contributed by atoms with E-state index in [0.717, 1.165) is 28.2 Å². The maximum atomic E-state index is 13.3. The van der Waals surface area contributed by atoms with Crippen LogP contribution in [0.4, 0.5) is 0 Å². The van der Waals surface area contributed by atoms with Gasteiger partial charge in [-0.25, -0.2) is 0 Å². The fourth-order valence-electron chi connectivity index (χ4n) is 3.44. The summed E-state index contributed by atoms with van der Waals surface area (Å²) in [5.41, 5.74) is 1.44. The van der Waals surface area contributed by atoms with Crippen LogP contribution in [0.25, 0.3) is 0 Å². The number of carbonyl (C=O) groups is 1. The van der Waals surface area contributed by atoms with Crippen molar-refractivity contribution in [2.45, 2.75) is 32.0 Å². The second-order valence-electron chi connectivity index (χ2n) is 7.76. The van der Waals surface area contributed by atoms with Crippen LogP contribution in [-0.4, -0.2) is 30.1 Å². The molecule has 0 fully saturated rings. The number of nitrogens with zero attached hydrogens (tertiary/aromatic N) is 1. The molecule has 0 aliphatic heterocycles. The number of aliphatic hydroxyl groups is 1. The quantitative estimate of drug-likeness (QED) is 0.554. The molecule has 0 aliphatic carbocycles. The Labute approximate surface area is 183 Å². The highest BCUT2D eigenvalue weighted by molar-refractivity contribution is 5.77. The van der Waals surface area contributed by atoms with Gasteiger partial charge in [-0.3, -0.25) is 4.79 Å². The molecule has 0 heterocycles. The van der Waals surface area contributed by atoms with E-state index in [1.54, 1.807) is 26.0 Å². The van der Waals surface area contributed by atoms with Crippen LogP contribution in [0.2, 0.25) is 0 Å². The average molecular weight is 420 g/mol. The summed E-state index contributed by atoms with van der Waals surface area (Å²) in [5, 5.41) is 11.0. The smallest absolute Gasteiger partial charge is 0.226 e. The van der Waals surface area contributed by atoms with Gasteiger partial charge in [-0.15, -0.1) is 0 Å². The number of rotatable bonds is 9. The first-order valence-electron chi connectivity index (χ1n) is 10.2. The number of amides is 1. The Balaban J connectivity index is 1.81. The Bertz CT molecular complexity index is 917.